The number of nitrogens with one attached hydrogen (secondary N) is 2. The molecule has 46 valence electrons. The van der Waals surface area contributed by atoms with E-state index in [0.717, 1.165) is 12.1 Å². The molecule has 0 radical (unpaired) electrons. The molecule has 0 saturated carbocycles. The van der Waals surface area contributed by atoms with Gasteiger partial charge in [0.25, 0.3) is 0 Å². The zero-order chi connectivity index (χ0) is 6.41. The van der Waals surface area contributed by atoms with E-state index < -0.39 is 0 Å². The summed E-state index contributed by atoms with van der Waals surface area (Å²) < 4.78 is 0. The van der Waals surface area contributed by atoms with Crippen LogP contribution < -0.4 is 5.43 Å². The number of hydrogen-bond acceptors (Lipinski definition) is 3. The lowest BCUT2D eigenvalue weighted by Gasteiger charge is -1.90. The van der Waals surface area contributed by atoms with Gasteiger partial charge in [-0.15, -0.1) is 0 Å². The molecule has 0 amide bonds. The van der Waals surface area contributed by atoms with Crippen LogP contribution >= 0.6 is 0 Å². The Kier molecular flexibility index (Phi) is 3.84. The quantitative estimate of drug-likeness (QED) is 0.409. The van der Waals surface area contributed by atoms with Crippen molar-refractivity contribution in [1.29, 1.82) is 5.41 Å². The Morgan fingerprint density at radius 2 is 2.50 bits per heavy atom. The fraction of sp³-hybridized carbons (Fsp3) is 0.600. The van der Waals surface area contributed by atoms with Crippen molar-refractivity contribution in [2.75, 3.05) is 7.05 Å². The fourth-order valence-corrected chi connectivity index (χ4v) is 0.357. The molecule has 2 N–H and O–H groups in total. The first-order valence-electron chi connectivity index (χ1n) is 2.59. The van der Waals surface area contributed by atoms with Gasteiger partial charge in [-0.05, 0) is 6.42 Å². The van der Waals surface area contributed by atoms with Crippen LogP contribution in [0, 0.1) is 5.41 Å². The predicted molar refractivity (Wildman–Crippen MR) is 35.6 cm³/mol. The summed E-state index contributed by atoms with van der Waals surface area (Å²) >= 11 is 0. The number of rotatable bonds is 3. The average Bonchev–Trinajstić information content (AvgIpc) is 1.83. The Morgan fingerprint density at radius 1 is 1.88 bits per heavy atom. The SMILES string of the molecule is CCC(C=N)=NNC. The summed E-state index contributed by atoms with van der Waals surface area (Å²) in [5, 5.41) is 10.6. The standard InChI is InChI=1S/C5H11N3/c1-3-5(4-6)8-7-2/h4,6-7H,3H2,1-2H3. The van der Waals surface area contributed by atoms with Crippen LogP contribution in [0.4, 0.5) is 0 Å². The van der Waals surface area contributed by atoms with Crippen LogP contribution in [-0.4, -0.2) is 19.0 Å². The van der Waals surface area contributed by atoms with Gasteiger partial charge in [0, 0.05) is 13.3 Å². The molecule has 3 heteroatoms. The zero-order valence-electron chi connectivity index (χ0n) is 5.23. The molecule has 0 spiro atoms. The lowest BCUT2D eigenvalue weighted by Crippen LogP contribution is -2.04. The first-order valence-corrected chi connectivity index (χ1v) is 2.59. The molecule has 0 aromatic heterocycles. The van der Waals surface area contributed by atoms with E-state index in [9.17, 15) is 0 Å². The number of hydrogen-bond donors (Lipinski definition) is 2. The molecule has 0 bridgehead atoms. The minimum atomic E-state index is 0.771. The van der Waals surface area contributed by atoms with Crippen LogP contribution in [0.5, 0.6) is 0 Å². The van der Waals surface area contributed by atoms with Gasteiger partial charge in [0.1, 0.15) is 0 Å². The maximum Gasteiger partial charge on any atom is 0.0775 e. The molecule has 0 rings (SSSR count). The van der Waals surface area contributed by atoms with Gasteiger partial charge in [-0.2, -0.15) is 5.10 Å². The van der Waals surface area contributed by atoms with Crippen molar-refractivity contribution in [2.24, 2.45) is 5.10 Å². The Bertz CT molecular complexity index is 95.8. The number of hydrazone groups is 1. The van der Waals surface area contributed by atoms with Crippen LogP contribution in [0.15, 0.2) is 5.10 Å². The molecule has 0 aliphatic rings. The minimum Gasteiger partial charge on any atom is -0.313 e. The fourth-order valence-electron chi connectivity index (χ4n) is 0.357. The summed E-state index contributed by atoms with van der Waals surface area (Å²) in [5.41, 5.74) is 3.38. The summed E-state index contributed by atoms with van der Waals surface area (Å²) in [5.74, 6) is 0. The topological polar surface area (TPSA) is 48.2 Å². The van der Waals surface area contributed by atoms with E-state index >= 15 is 0 Å². The van der Waals surface area contributed by atoms with Crippen molar-refractivity contribution in [2.45, 2.75) is 13.3 Å². The Morgan fingerprint density at radius 3 is 2.62 bits per heavy atom. The largest absolute Gasteiger partial charge is 0.313 e. The molecular weight excluding hydrogens is 102 g/mol. The summed E-state index contributed by atoms with van der Waals surface area (Å²) in [6.45, 7) is 1.96. The van der Waals surface area contributed by atoms with Gasteiger partial charge in [0.05, 0.1) is 5.71 Å². The highest BCUT2D eigenvalue weighted by Gasteiger charge is 1.84. The molecule has 0 aromatic carbocycles. The first-order chi connectivity index (χ1) is 3.85. The van der Waals surface area contributed by atoms with E-state index in [4.69, 9.17) is 5.41 Å². The molecule has 0 heterocycles. The minimum absolute atomic E-state index is 0.771. The third-order valence-electron chi connectivity index (χ3n) is 0.784. The van der Waals surface area contributed by atoms with Crippen LogP contribution in [-0.2, 0) is 0 Å². The molecule has 0 aromatic rings. The first kappa shape index (κ1) is 7.14. The zero-order valence-corrected chi connectivity index (χ0v) is 5.23. The monoisotopic (exact) mass is 113 g/mol. The number of nitrogens with zero attached hydrogens (tertiary/aromatic N) is 1. The highest BCUT2D eigenvalue weighted by molar-refractivity contribution is 6.29. The molecule has 0 saturated heterocycles. The van der Waals surface area contributed by atoms with Gasteiger partial charge in [0.2, 0.25) is 0 Å². The molecule has 0 atom stereocenters. The second-order valence-corrected chi connectivity index (χ2v) is 1.32. The normalized spacial score (nSPS) is 11.0. The van der Waals surface area contributed by atoms with E-state index in [1.54, 1.807) is 7.05 Å². The Balaban J connectivity index is 3.66. The van der Waals surface area contributed by atoms with Gasteiger partial charge in [0.15, 0.2) is 0 Å². The van der Waals surface area contributed by atoms with Crippen LogP contribution in [0.2, 0.25) is 0 Å². The summed E-state index contributed by atoms with van der Waals surface area (Å²) in [4.78, 5) is 0. The van der Waals surface area contributed by atoms with Crippen molar-refractivity contribution in [3.05, 3.63) is 0 Å². The van der Waals surface area contributed by atoms with E-state index in [0.29, 0.717) is 0 Å². The van der Waals surface area contributed by atoms with Crippen LogP contribution in [0.25, 0.3) is 0 Å². The van der Waals surface area contributed by atoms with Gasteiger partial charge >= 0.3 is 0 Å². The van der Waals surface area contributed by atoms with Gasteiger partial charge in [-0.1, -0.05) is 6.92 Å². The summed E-state index contributed by atoms with van der Waals surface area (Å²) in [6, 6.07) is 0. The Labute approximate surface area is 49.3 Å². The van der Waals surface area contributed by atoms with Crippen LogP contribution in [0.1, 0.15) is 13.3 Å². The van der Waals surface area contributed by atoms with E-state index in [1.165, 1.54) is 6.21 Å². The van der Waals surface area contributed by atoms with Crippen LogP contribution in [0.3, 0.4) is 0 Å². The Hall–Kier alpha value is -0.860. The molecule has 8 heavy (non-hydrogen) atoms. The average molecular weight is 113 g/mol. The molecule has 3 nitrogen and oxygen atoms in total. The maximum atomic E-state index is 6.77. The molecule has 0 unspecified atom stereocenters. The van der Waals surface area contributed by atoms with E-state index in [-0.39, 0.29) is 0 Å². The van der Waals surface area contributed by atoms with Gasteiger partial charge in [-0.25, -0.2) is 0 Å². The van der Waals surface area contributed by atoms with Gasteiger partial charge < -0.3 is 10.8 Å². The van der Waals surface area contributed by atoms with Crippen molar-refractivity contribution in [3.8, 4) is 0 Å². The highest BCUT2D eigenvalue weighted by Crippen LogP contribution is 1.77. The lowest BCUT2D eigenvalue weighted by atomic mass is 10.3. The van der Waals surface area contributed by atoms with E-state index in [2.05, 4.69) is 10.5 Å². The highest BCUT2D eigenvalue weighted by atomic mass is 15.3. The third kappa shape index (κ3) is 2.34. The van der Waals surface area contributed by atoms with Crippen molar-refractivity contribution in [3.63, 3.8) is 0 Å². The molecule has 0 fully saturated rings. The summed E-state index contributed by atoms with van der Waals surface area (Å²) in [7, 11) is 1.72. The second-order valence-electron chi connectivity index (χ2n) is 1.32. The predicted octanol–water partition coefficient (Wildman–Crippen LogP) is 0.621. The van der Waals surface area contributed by atoms with Crippen molar-refractivity contribution >= 4 is 11.9 Å². The third-order valence-corrected chi connectivity index (χ3v) is 0.784. The summed E-state index contributed by atoms with van der Waals surface area (Å²) in [6.07, 6.45) is 2.06. The second kappa shape index (κ2) is 4.30. The van der Waals surface area contributed by atoms with E-state index in [1.807, 2.05) is 6.92 Å². The maximum absolute atomic E-state index is 6.77. The molecular formula is C5H11N3. The molecule has 0 aliphatic heterocycles. The smallest absolute Gasteiger partial charge is 0.0775 e. The van der Waals surface area contributed by atoms with Crippen molar-refractivity contribution in [1.82, 2.24) is 5.43 Å². The molecule has 0 aliphatic carbocycles. The van der Waals surface area contributed by atoms with Gasteiger partial charge in [-0.3, -0.25) is 0 Å². The lowest BCUT2D eigenvalue weighted by molar-refractivity contribution is 0.897. The van der Waals surface area contributed by atoms with Crippen molar-refractivity contribution < 1.29 is 0 Å².